The lowest BCUT2D eigenvalue weighted by atomic mass is 9.84. The van der Waals surface area contributed by atoms with Crippen LogP contribution in [0.4, 0.5) is 0 Å². The molecule has 0 saturated carbocycles. The maximum Gasteiger partial charge on any atom is 0.324 e. The molecule has 1 unspecified atom stereocenters. The van der Waals surface area contributed by atoms with Crippen molar-refractivity contribution in [1.29, 1.82) is 0 Å². The average molecular weight is 916 g/mol. The normalized spacial score (nSPS) is 23.7. The summed E-state index contributed by atoms with van der Waals surface area (Å²) >= 11 is 0. The van der Waals surface area contributed by atoms with Crippen molar-refractivity contribution >= 4 is 40.5 Å². The van der Waals surface area contributed by atoms with Gasteiger partial charge in [-0.25, -0.2) is 5.43 Å². The summed E-state index contributed by atoms with van der Waals surface area (Å²) in [6.07, 6.45) is 4.02. The molecule has 2 aromatic heterocycles. The third-order valence-electron chi connectivity index (χ3n) is 14.1. The van der Waals surface area contributed by atoms with Gasteiger partial charge in [0.1, 0.15) is 18.1 Å². The van der Waals surface area contributed by atoms with Crippen LogP contribution in [0.2, 0.25) is 0 Å². The molecular weight excluding hydrogens is 851 g/mol. The largest absolute Gasteiger partial charge is 0.464 e. The Hall–Kier alpha value is -5.90. The van der Waals surface area contributed by atoms with Crippen LogP contribution in [0.1, 0.15) is 77.3 Å². The van der Waals surface area contributed by atoms with Gasteiger partial charge in [0.25, 0.3) is 5.91 Å². The van der Waals surface area contributed by atoms with Crippen LogP contribution in [-0.2, 0) is 57.6 Å². The third kappa shape index (κ3) is 9.25. The summed E-state index contributed by atoms with van der Waals surface area (Å²) < 4.78 is 20.1. The van der Waals surface area contributed by atoms with Crippen molar-refractivity contribution in [3.8, 4) is 22.4 Å². The van der Waals surface area contributed by atoms with Gasteiger partial charge in [0.05, 0.1) is 48.8 Å². The van der Waals surface area contributed by atoms with Gasteiger partial charge < -0.3 is 33.9 Å². The highest BCUT2D eigenvalue weighted by molar-refractivity contribution is 5.96. The molecule has 0 radical (unpaired) electrons. The summed E-state index contributed by atoms with van der Waals surface area (Å²) in [5.74, 6) is -2.95. The second kappa shape index (κ2) is 19.4. The number of pyridine rings is 1. The number of carbonyl (C=O) groups excluding carboxylic acids is 5. The topological polar surface area (TPSA) is 165 Å². The van der Waals surface area contributed by atoms with E-state index in [0.717, 1.165) is 50.1 Å². The fourth-order valence-corrected chi connectivity index (χ4v) is 10.6. The van der Waals surface area contributed by atoms with Gasteiger partial charge >= 0.3 is 5.97 Å². The van der Waals surface area contributed by atoms with E-state index in [1.165, 1.54) is 16.0 Å². The highest BCUT2D eigenvalue weighted by atomic mass is 16.5. The Labute approximate surface area is 393 Å². The first-order chi connectivity index (χ1) is 32.0. The Bertz CT molecular complexity index is 2570. The molecule has 4 aliphatic rings. The van der Waals surface area contributed by atoms with Crippen LogP contribution in [0.5, 0.6) is 0 Å². The number of carbonyl (C=O) groups is 5. The molecule has 2 N–H and O–H groups in total. The quantitative estimate of drug-likeness (QED) is 0.150. The van der Waals surface area contributed by atoms with Crippen molar-refractivity contribution in [2.75, 3.05) is 40.5 Å². The van der Waals surface area contributed by atoms with E-state index in [2.05, 4.69) is 73.0 Å². The number of benzene rings is 2. The predicted molar refractivity (Wildman–Crippen MR) is 254 cm³/mol. The lowest BCUT2D eigenvalue weighted by Gasteiger charge is -2.38. The number of amides is 4. The van der Waals surface area contributed by atoms with Crippen LogP contribution in [0, 0.1) is 17.3 Å². The first-order valence-electron chi connectivity index (χ1n) is 23.6. The Balaban J connectivity index is 1.17. The third-order valence-corrected chi connectivity index (χ3v) is 14.1. The molecule has 4 aliphatic heterocycles. The smallest absolute Gasteiger partial charge is 0.324 e. The molecule has 2 aromatic carbocycles. The van der Waals surface area contributed by atoms with E-state index in [1.807, 2.05) is 45.0 Å². The molecule has 0 aliphatic carbocycles. The van der Waals surface area contributed by atoms with E-state index in [1.54, 1.807) is 25.3 Å². The Kier molecular flexibility index (Phi) is 13.8. The van der Waals surface area contributed by atoms with Crippen molar-refractivity contribution in [2.45, 2.75) is 110 Å². The van der Waals surface area contributed by atoms with Gasteiger partial charge in [-0.05, 0) is 91.6 Å². The van der Waals surface area contributed by atoms with Gasteiger partial charge in [0.15, 0.2) is 0 Å². The highest BCUT2D eigenvalue weighted by Gasteiger charge is 2.54. The Morgan fingerprint density at radius 3 is 2.57 bits per heavy atom. The standard InChI is InChI=1S/C52H65N7O8/c1-10-43(60)58-27-38(47-42(58)28-66-47)49(62)56(8)45(30(3)4)48(61)54-40-24-32-15-12-16-33(23-32)34-19-20-41-36(25-34)37(46(57(41)11-2)35-17-13-21-53-44(35)31(5)65-9)26-52(6,7)29-67-51(64)39-18-14-22-59(55-39)50(40)63/h10,12-13,15-17,19-21,23,25,30-31,38-40,42,45,47,55H,1,11,14,18,22,24,26-29H2,2-9H3,(H,54,61)/t31-,38+,39-,40-,42+,45?,47+/m0/s1. The number of ether oxygens (including phenoxy) is 3. The second-order valence-electron chi connectivity index (χ2n) is 19.7. The summed E-state index contributed by atoms with van der Waals surface area (Å²) in [5.41, 5.74) is 10.4. The van der Waals surface area contributed by atoms with Gasteiger partial charge in [-0.2, -0.15) is 0 Å². The number of aromatic nitrogens is 2. The van der Waals surface area contributed by atoms with Crippen LogP contribution < -0.4 is 10.7 Å². The SMILES string of the molecule is C=CC(=O)N1C[C@@H](C(=O)N(C)C(C(=O)N[C@H]2Cc3cccc(c3)-c3ccc4c(c3)c(c(-c3cccnc3[C@H](C)OC)n4CC)CC(C)(C)COC(=O)[C@@H]3CCCN(N3)C2=O)C(C)C)[C@H]2OC[C@H]21. The monoisotopic (exact) mass is 915 g/mol. The number of methoxy groups -OCH3 is 1. The van der Waals surface area contributed by atoms with Crippen LogP contribution >= 0.6 is 0 Å². The molecule has 7 atom stereocenters. The highest BCUT2D eigenvalue weighted by Crippen LogP contribution is 2.42. The number of aryl methyl sites for hydroxylation is 1. The molecule has 67 heavy (non-hydrogen) atoms. The molecule has 3 fully saturated rings. The predicted octanol–water partition coefficient (Wildman–Crippen LogP) is 5.64. The Morgan fingerprint density at radius 1 is 1.09 bits per heavy atom. The van der Waals surface area contributed by atoms with E-state index in [-0.39, 0.29) is 49.5 Å². The van der Waals surface area contributed by atoms with E-state index >= 15 is 0 Å². The summed E-state index contributed by atoms with van der Waals surface area (Å²) in [6, 6.07) is 15.5. The summed E-state index contributed by atoms with van der Waals surface area (Å²) in [4.78, 5) is 78.0. The van der Waals surface area contributed by atoms with Gasteiger partial charge in [-0.15, -0.1) is 0 Å². The average Bonchev–Trinajstić information content (AvgIpc) is 3.76. The summed E-state index contributed by atoms with van der Waals surface area (Å²) in [7, 11) is 3.28. The van der Waals surface area contributed by atoms with Crippen molar-refractivity contribution < 1.29 is 38.2 Å². The first-order valence-corrected chi connectivity index (χ1v) is 23.6. The number of rotatable bonds is 10. The molecule has 6 heterocycles. The molecule has 15 nitrogen and oxygen atoms in total. The molecule has 8 rings (SSSR count). The van der Waals surface area contributed by atoms with Gasteiger partial charge in [0.2, 0.25) is 17.7 Å². The van der Waals surface area contributed by atoms with Crippen LogP contribution in [0.15, 0.2) is 73.4 Å². The van der Waals surface area contributed by atoms with Gasteiger partial charge in [-0.3, -0.25) is 34.0 Å². The van der Waals surface area contributed by atoms with Crippen molar-refractivity contribution in [1.82, 2.24) is 35.1 Å². The summed E-state index contributed by atoms with van der Waals surface area (Å²) in [6.45, 7) is 17.3. The molecule has 6 bridgehead atoms. The molecule has 0 spiro atoms. The molecule has 15 heteroatoms. The number of nitrogens with one attached hydrogen (secondary N) is 2. The maximum absolute atomic E-state index is 14.8. The lowest BCUT2D eigenvalue weighted by Crippen LogP contribution is -2.62. The van der Waals surface area contributed by atoms with Crippen LogP contribution in [0.25, 0.3) is 33.3 Å². The van der Waals surface area contributed by atoms with Gasteiger partial charge in [0, 0.05) is 68.3 Å². The van der Waals surface area contributed by atoms with E-state index in [9.17, 15) is 24.0 Å². The minimum atomic E-state index is -1.07. The molecule has 4 aromatic rings. The second-order valence-corrected chi connectivity index (χ2v) is 19.7. The summed E-state index contributed by atoms with van der Waals surface area (Å²) in [5, 5.41) is 5.56. The minimum Gasteiger partial charge on any atom is -0.464 e. The number of nitrogens with zero attached hydrogens (tertiary/aromatic N) is 5. The molecule has 3 saturated heterocycles. The van der Waals surface area contributed by atoms with Crippen molar-refractivity contribution in [2.24, 2.45) is 17.3 Å². The maximum atomic E-state index is 14.8. The van der Waals surface area contributed by atoms with E-state index in [0.29, 0.717) is 39.0 Å². The fraction of sp³-hybridized carbons (Fsp3) is 0.500. The lowest BCUT2D eigenvalue weighted by molar-refractivity contribution is -0.156. The number of fused-ring (bicyclic) bond motifs is 7. The van der Waals surface area contributed by atoms with Crippen molar-refractivity contribution in [3.05, 3.63) is 90.3 Å². The molecule has 4 amide bonds. The zero-order valence-corrected chi connectivity index (χ0v) is 40.0. The number of hydrogen-bond donors (Lipinski definition) is 2. The zero-order chi connectivity index (χ0) is 47.9. The number of hydrazine groups is 1. The Morgan fingerprint density at radius 2 is 1.87 bits per heavy atom. The number of esters is 1. The zero-order valence-electron chi connectivity index (χ0n) is 40.0. The number of cyclic esters (lactones) is 1. The molecular formula is C52H65N7O8. The number of likely N-dealkylation sites (tertiary alicyclic amines) is 1. The van der Waals surface area contributed by atoms with Crippen molar-refractivity contribution in [3.63, 3.8) is 0 Å². The van der Waals surface area contributed by atoms with Crippen LogP contribution in [-0.4, -0.2) is 125 Å². The fourth-order valence-electron chi connectivity index (χ4n) is 10.6. The van der Waals surface area contributed by atoms with Gasteiger partial charge in [-0.1, -0.05) is 64.6 Å². The van der Waals surface area contributed by atoms with Crippen LogP contribution in [0.3, 0.4) is 0 Å². The minimum absolute atomic E-state index is 0.130. The first kappa shape index (κ1) is 47.6. The molecule has 356 valence electrons. The van der Waals surface area contributed by atoms with E-state index < -0.39 is 53.3 Å². The number of likely N-dealkylation sites (N-methyl/N-ethyl adjacent to an activating group) is 1. The number of hydrogen-bond acceptors (Lipinski definition) is 10. The van der Waals surface area contributed by atoms with E-state index in [4.69, 9.17) is 19.2 Å².